The molecule has 3 nitrogen and oxygen atoms in total. The van der Waals surface area contributed by atoms with E-state index in [1.54, 1.807) is 0 Å². The van der Waals surface area contributed by atoms with Crippen molar-refractivity contribution in [1.82, 2.24) is 4.90 Å². The summed E-state index contributed by atoms with van der Waals surface area (Å²) in [5, 5.41) is 0. The molecule has 1 rings (SSSR count). The molecule has 0 aromatic carbocycles. The van der Waals surface area contributed by atoms with Crippen LogP contribution in [0.4, 0.5) is 0 Å². The Morgan fingerprint density at radius 1 is 1.62 bits per heavy atom. The third kappa shape index (κ3) is 3.35. The standard InChI is InChI=1S/C10H19NO2/c1-8(2)7-13-10(12)9-4-5-11(3)6-9/h8-9H,4-7H2,1-3H3. The average Bonchev–Trinajstić information content (AvgIpc) is 2.47. The molecule has 0 amide bonds. The van der Waals surface area contributed by atoms with Crippen molar-refractivity contribution in [2.45, 2.75) is 20.3 Å². The van der Waals surface area contributed by atoms with Crippen LogP contribution >= 0.6 is 0 Å². The molecule has 0 aromatic rings. The van der Waals surface area contributed by atoms with Crippen molar-refractivity contribution in [3.63, 3.8) is 0 Å². The highest BCUT2D eigenvalue weighted by molar-refractivity contribution is 5.73. The molecule has 0 N–H and O–H groups in total. The highest BCUT2D eigenvalue weighted by Crippen LogP contribution is 2.15. The van der Waals surface area contributed by atoms with Gasteiger partial charge >= 0.3 is 5.97 Å². The second-order valence-corrected chi connectivity index (χ2v) is 4.27. The molecule has 1 aliphatic heterocycles. The van der Waals surface area contributed by atoms with Gasteiger partial charge in [0.25, 0.3) is 0 Å². The van der Waals surface area contributed by atoms with E-state index in [4.69, 9.17) is 4.74 Å². The molecular weight excluding hydrogens is 166 g/mol. The zero-order chi connectivity index (χ0) is 9.84. The Morgan fingerprint density at radius 3 is 2.77 bits per heavy atom. The van der Waals surface area contributed by atoms with E-state index >= 15 is 0 Å². The predicted molar refractivity (Wildman–Crippen MR) is 51.4 cm³/mol. The number of hydrogen-bond acceptors (Lipinski definition) is 3. The Morgan fingerprint density at radius 2 is 2.31 bits per heavy atom. The van der Waals surface area contributed by atoms with Crippen LogP contribution in [0.2, 0.25) is 0 Å². The Bertz CT molecular complexity index is 180. The fraction of sp³-hybridized carbons (Fsp3) is 0.900. The number of carbonyl (C=O) groups is 1. The fourth-order valence-corrected chi connectivity index (χ4v) is 1.49. The molecule has 0 bridgehead atoms. The first kappa shape index (κ1) is 10.5. The quantitative estimate of drug-likeness (QED) is 0.617. The normalized spacial score (nSPS) is 23.8. The van der Waals surface area contributed by atoms with Gasteiger partial charge in [0, 0.05) is 6.54 Å². The Balaban J connectivity index is 2.24. The van der Waals surface area contributed by atoms with E-state index in [-0.39, 0.29) is 11.9 Å². The number of esters is 1. The summed E-state index contributed by atoms with van der Waals surface area (Å²) >= 11 is 0. The summed E-state index contributed by atoms with van der Waals surface area (Å²) in [5.74, 6) is 0.532. The van der Waals surface area contributed by atoms with Gasteiger partial charge in [-0.1, -0.05) is 13.8 Å². The number of nitrogens with zero attached hydrogens (tertiary/aromatic N) is 1. The minimum absolute atomic E-state index is 0.0157. The fourth-order valence-electron chi connectivity index (χ4n) is 1.49. The lowest BCUT2D eigenvalue weighted by Crippen LogP contribution is -2.22. The van der Waals surface area contributed by atoms with E-state index in [9.17, 15) is 4.79 Å². The van der Waals surface area contributed by atoms with Gasteiger partial charge in [-0.15, -0.1) is 0 Å². The summed E-state index contributed by atoms with van der Waals surface area (Å²) in [5.41, 5.74) is 0. The van der Waals surface area contributed by atoms with Crippen molar-refractivity contribution in [2.24, 2.45) is 11.8 Å². The minimum atomic E-state index is -0.0157. The number of ether oxygens (including phenoxy) is 1. The topological polar surface area (TPSA) is 29.5 Å². The minimum Gasteiger partial charge on any atom is -0.465 e. The van der Waals surface area contributed by atoms with Crippen molar-refractivity contribution in [1.29, 1.82) is 0 Å². The number of hydrogen-bond donors (Lipinski definition) is 0. The maximum absolute atomic E-state index is 11.4. The van der Waals surface area contributed by atoms with Crippen LogP contribution in [0.1, 0.15) is 20.3 Å². The van der Waals surface area contributed by atoms with Gasteiger partial charge in [-0.05, 0) is 25.9 Å². The summed E-state index contributed by atoms with van der Waals surface area (Å²) in [4.78, 5) is 13.6. The number of carbonyl (C=O) groups excluding carboxylic acids is 1. The average molecular weight is 185 g/mol. The molecular formula is C10H19NO2. The van der Waals surface area contributed by atoms with Crippen LogP contribution in [0.15, 0.2) is 0 Å². The zero-order valence-electron chi connectivity index (χ0n) is 8.75. The molecule has 1 saturated heterocycles. The molecule has 3 heteroatoms. The van der Waals surface area contributed by atoms with Crippen LogP contribution < -0.4 is 0 Å². The largest absolute Gasteiger partial charge is 0.465 e. The highest BCUT2D eigenvalue weighted by atomic mass is 16.5. The lowest BCUT2D eigenvalue weighted by molar-refractivity contribution is -0.149. The first-order valence-corrected chi connectivity index (χ1v) is 4.94. The molecule has 1 aliphatic rings. The molecule has 0 radical (unpaired) electrons. The lowest BCUT2D eigenvalue weighted by atomic mass is 10.1. The van der Waals surface area contributed by atoms with Gasteiger partial charge in [-0.25, -0.2) is 0 Å². The molecule has 0 spiro atoms. The SMILES string of the molecule is CC(C)COC(=O)C1CCN(C)C1. The van der Waals surface area contributed by atoms with Crippen LogP contribution in [0.25, 0.3) is 0 Å². The van der Waals surface area contributed by atoms with Crippen LogP contribution in [-0.2, 0) is 9.53 Å². The first-order chi connectivity index (χ1) is 6.09. The van der Waals surface area contributed by atoms with Crippen LogP contribution in [0.5, 0.6) is 0 Å². The molecule has 0 aromatic heterocycles. The Kier molecular flexibility index (Phi) is 3.72. The van der Waals surface area contributed by atoms with Crippen molar-refractivity contribution in [3.05, 3.63) is 0 Å². The van der Waals surface area contributed by atoms with Gasteiger partial charge in [-0.2, -0.15) is 0 Å². The number of likely N-dealkylation sites (tertiary alicyclic amines) is 1. The molecule has 76 valence electrons. The van der Waals surface area contributed by atoms with E-state index in [0.717, 1.165) is 19.5 Å². The van der Waals surface area contributed by atoms with Crippen LogP contribution in [0.3, 0.4) is 0 Å². The maximum atomic E-state index is 11.4. The molecule has 1 fully saturated rings. The van der Waals surface area contributed by atoms with Gasteiger partial charge in [0.1, 0.15) is 0 Å². The van der Waals surface area contributed by atoms with Gasteiger partial charge in [-0.3, -0.25) is 4.79 Å². The summed E-state index contributed by atoms with van der Waals surface area (Å²) in [7, 11) is 2.04. The lowest BCUT2D eigenvalue weighted by Gasteiger charge is -2.11. The van der Waals surface area contributed by atoms with Gasteiger partial charge in [0.15, 0.2) is 0 Å². The third-order valence-electron chi connectivity index (χ3n) is 2.28. The first-order valence-electron chi connectivity index (χ1n) is 4.94. The van der Waals surface area contributed by atoms with Gasteiger partial charge < -0.3 is 9.64 Å². The zero-order valence-corrected chi connectivity index (χ0v) is 8.75. The van der Waals surface area contributed by atoms with E-state index in [0.29, 0.717) is 12.5 Å². The summed E-state index contributed by atoms with van der Waals surface area (Å²) in [6.07, 6.45) is 0.952. The highest BCUT2D eigenvalue weighted by Gasteiger charge is 2.27. The molecule has 1 unspecified atom stereocenters. The molecule has 1 heterocycles. The predicted octanol–water partition coefficient (Wildman–Crippen LogP) is 1.14. The van der Waals surface area contributed by atoms with Crippen molar-refractivity contribution in [3.8, 4) is 0 Å². The summed E-state index contributed by atoms with van der Waals surface area (Å²) in [6, 6.07) is 0. The second kappa shape index (κ2) is 4.61. The third-order valence-corrected chi connectivity index (χ3v) is 2.28. The Hall–Kier alpha value is -0.570. The van der Waals surface area contributed by atoms with E-state index < -0.39 is 0 Å². The smallest absolute Gasteiger partial charge is 0.310 e. The second-order valence-electron chi connectivity index (χ2n) is 4.27. The van der Waals surface area contributed by atoms with Crippen molar-refractivity contribution < 1.29 is 9.53 Å². The molecule has 1 atom stereocenters. The van der Waals surface area contributed by atoms with E-state index in [2.05, 4.69) is 4.90 Å². The van der Waals surface area contributed by atoms with Crippen molar-refractivity contribution >= 4 is 5.97 Å². The van der Waals surface area contributed by atoms with E-state index in [1.807, 2.05) is 20.9 Å². The van der Waals surface area contributed by atoms with Crippen molar-refractivity contribution in [2.75, 3.05) is 26.7 Å². The summed E-state index contributed by atoms with van der Waals surface area (Å²) < 4.78 is 5.17. The van der Waals surface area contributed by atoms with Gasteiger partial charge in [0.2, 0.25) is 0 Å². The monoisotopic (exact) mass is 185 g/mol. The molecule has 0 saturated carbocycles. The summed E-state index contributed by atoms with van der Waals surface area (Å²) in [6.45, 7) is 6.53. The van der Waals surface area contributed by atoms with Crippen LogP contribution in [0, 0.1) is 11.8 Å². The number of rotatable bonds is 3. The Labute approximate surface area is 80.1 Å². The van der Waals surface area contributed by atoms with E-state index in [1.165, 1.54) is 0 Å². The van der Waals surface area contributed by atoms with Crippen LogP contribution in [-0.4, -0.2) is 37.6 Å². The molecule has 13 heavy (non-hydrogen) atoms. The molecule has 0 aliphatic carbocycles. The maximum Gasteiger partial charge on any atom is 0.310 e. The van der Waals surface area contributed by atoms with Gasteiger partial charge in [0.05, 0.1) is 12.5 Å².